The van der Waals surface area contributed by atoms with Gasteiger partial charge < -0.3 is 5.32 Å². The van der Waals surface area contributed by atoms with Gasteiger partial charge in [0, 0.05) is 23.7 Å². The minimum Gasteiger partial charge on any atom is -0.311 e. The van der Waals surface area contributed by atoms with Crippen molar-refractivity contribution in [3.8, 4) is 28.5 Å². The Balaban J connectivity index is 1.86. The second-order valence-corrected chi connectivity index (χ2v) is 6.71. The Morgan fingerprint density at radius 3 is 2.71 bits per heavy atom. The van der Waals surface area contributed by atoms with Crippen LogP contribution in [0.4, 0.5) is 5.82 Å². The van der Waals surface area contributed by atoms with Crippen molar-refractivity contribution in [2.75, 3.05) is 5.32 Å². The molecule has 0 unspecified atom stereocenters. The van der Waals surface area contributed by atoms with E-state index in [2.05, 4.69) is 30.6 Å². The fraction of sp³-hybridized carbons (Fsp3) is 0.0556. The van der Waals surface area contributed by atoms with Gasteiger partial charge in [0.2, 0.25) is 5.91 Å². The van der Waals surface area contributed by atoms with E-state index in [-0.39, 0.29) is 5.91 Å². The van der Waals surface area contributed by atoms with Gasteiger partial charge in [0.25, 0.3) is 0 Å². The first kappa shape index (κ1) is 18.1. The van der Waals surface area contributed by atoms with Crippen LogP contribution < -0.4 is 5.32 Å². The third kappa shape index (κ3) is 3.60. The molecule has 2 N–H and O–H groups in total. The summed E-state index contributed by atoms with van der Waals surface area (Å²) in [5, 5.41) is 15.1. The molecule has 10 heteroatoms. The molecule has 0 aliphatic heterocycles. The average Bonchev–Trinajstić information content (AvgIpc) is 3.31. The van der Waals surface area contributed by atoms with Crippen molar-refractivity contribution < 1.29 is 4.79 Å². The van der Waals surface area contributed by atoms with Crippen LogP contribution in [0.25, 0.3) is 28.5 Å². The largest absolute Gasteiger partial charge is 0.311 e. The molecular formula is C18H13Cl2N7O. The second kappa shape index (κ2) is 7.41. The molecule has 0 aliphatic rings. The molecular weight excluding hydrogens is 401 g/mol. The van der Waals surface area contributed by atoms with E-state index in [1.165, 1.54) is 13.3 Å². The highest BCUT2D eigenvalue weighted by Gasteiger charge is 2.17. The van der Waals surface area contributed by atoms with E-state index in [1.54, 1.807) is 41.2 Å². The number of halogens is 2. The van der Waals surface area contributed by atoms with Crippen LogP contribution in [0.15, 0.2) is 48.9 Å². The smallest absolute Gasteiger partial charge is 0.222 e. The van der Waals surface area contributed by atoms with Crippen LogP contribution in [0, 0.1) is 0 Å². The zero-order valence-corrected chi connectivity index (χ0v) is 16.0. The molecule has 4 aromatic rings. The maximum Gasteiger partial charge on any atom is 0.222 e. The number of hydrogen-bond donors (Lipinski definition) is 2. The van der Waals surface area contributed by atoms with E-state index in [0.717, 1.165) is 5.56 Å². The quantitative estimate of drug-likeness (QED) is 0.526. The van der Waals surface area contributed by atoms with E-state index >= 15 is 0 Å². The van der Waals surface area contributed by atoms with Crippen molar-refractivity contribution in [1.29, 1.82) is 0 Å². The lowest BCUT2D eigenvalue weighted by atomic mass is 10.2. The number of benzene rings is 1. The van der Waals surface area contributed by atoms with Gasteiger partial charge in [-0.15, -0.1) is 0 Å². The Bertz CT molecular complexity index is 1150. The monoisotopic (exact) mass is 413 g/mol. The van der Waals surface area contributed by atoms with Crippen LogP contribution >= 0.6 is 23.2 Å². The van der Waals surface area contributed by atoms with Gasteiger partial charge in [0.05, 0.1) is 16.4 Å². The summed E-state index contributed by atoms with van der Waals surface area (Å²) in [4.78, 5) is 19.7. The molecule has 3 aromatic heterocycles. The lowest BCUT2D eigenvalue weighted by Crippen LogP contribution is -2.07. The van der Waals surface area contributed by atoms with Gasteiger partial charge in [-0.25, -0.2) is 14.6 Å². The topological polar surface area (TPSA) is 101 Å². The Kier molecular flexibility index (Phi) is 4.81. The number of aromatic nitrogens is 6. The molecule has 0 aliphatic carbocycles. The summed E-state index contributed by atoms with van der Waals surface area (Å²) in [6, 6.07) is 10.5. The van der Waals surface area contributed by atoms with Gasteiger partial charge in [-0.05, 0) is 36.4 Å². The van der Waals surface area contributed by atoms with Gasteiger partial charge in [-0.3, -0.25) is 9.89 Å². The number of aromatic amines is 1. The molecule has 0 fully saturated rings. The van der Waals surface area contributed by atoms with E-state index in [9.17, 15) is 4.79 Å². The molecule has 4 rings (SSSR count). The maximum absolute atomic E-state index is 11.3. The Morgan fingerprint density at radius 1 is 1.14 bits per heavy atom. The molecule has 140 valence electrons. The SMILES string of the molecule is CC(=O)Nc1cc(-c2cc(-c3ncn[nH]3)n(-c3ccc(Cl)cc3Cl)n2)ccn1. The number of nitrogens with one attached hydrogen (secondary N) is 2. The summed E-state index contributed by atoms with van der Waals surface area (Å²) in [5.41, 5.74) is 2.71. The van der Waals surface area contributed by atoms with Crippen LogP contribution in [0.3, 0.4) is 0 Å². The minimum atomic E-state index is -0.203. The van der Waals surface area contributed by atoms with E-state index in [4.69, 9.17) is 23.2 Å². The molecule has 0 saturated heterocycles. The van der Waals surface area contributed by atoms with Crippen molar-refractivity contribution in [2.45, 2.75) is 6.92 Å². The standard InChI is InChI=1S/C18H13Cl2N7O/c1-10(28)24-17-6-11(4-5-21-17)14-8-16(18-22-9-23-25-18)27(26-14)15-3-2-12(19)7-13(15)20/h2-9H,1H3,(H,21,24,28)(H,22,23,25). The highest BCUT2D eigenvalue weighted by Crippen LogP contribution is 2.31. The van der Waals surface area contributed by atoms with E-state index in [1.807, 2.05) is 6.07 Å². The van der Waals surface area contributed by atoms with Crippen molar-refractivity contribution in [3.63, 3.8) is 0 Å². The Labute approximate surface area is 169 Å². The molecule has 0 atom stereocenters. The third-order valence-electron chi connectivity index (χ3n) is 3.86. The molecule has 28 heavy (non-hydrogen) atoms. The first-order valence-electron chi connectivity index (χ1n) is 8.16. The Hall–Kier alpha value is -3.23. The molecule has 1 aromatic carbocycles. The molecule has 1 amide bonds. The third-order valence-corrected chi connectivity index (χ3v) is 4.40. The van der Waals surface area contributed by atoms with Gasteiger partial charge in [0.15, 0.2) is 5.82 Å². The van der Waals surface area contributed by atoms with E-state index < -0.39 is 0 Å². The minimum absolute atomic E-state index is 0.203. The van der Waals surface area contributed by atoms with Crippen LogP contribution in [-0.2, 0) is 4.79 Å². The average molecular weight is 414 g/mol. The van der Waals surface area contributed by atoms with Crippen LogP contribution in [0.5, 0.6) is 0 Å². The maximum atomic E-state index is 11.3. The molecule has 0 radical (unpaired) electrons. The lowest BCUT2D eigenvalue weighted by Gasteiger charge is -2.08. The van der Waals surface area contributed by atoms with Crippen LogP contribution in [0.2, 0.25) is 10.0 Å². The number of anilines is 1. The van der Waals surface area contributed by atoms with Gasteiger partial charge in [-0.2, -0.15) is 10.2 Å². The number of H-pyrrole nitrogens is 1. The zero-order chi connectivity index (χ0) is 19.7. The van der Waals surface area contributed by atoms with Crippen LogP contribution in [0.1, 0.15) is 6.92 Å². The fourth-order valence-corrected chi connectivity index (χ4v) is 3.18. The number of hydrogen-bond acceptors (Lipinski definition) is 5. The van der Waals surface area contributed by atoms with E-state index in [0.29, 0.717) is 38.8 Å². The summed E-state index contributed by atoms with van der Waals surface area (Å²) < 4.78 is 1.66. The normalized spacial score (nSPS) is 10.8. The van der Waals surface area contributed by atoms with Gasteiger partial charge in [0.1, 0.15) is 17.8 Å². The summed E-state index contributed by atoms with van der Waals surface area (Å²) in [7, 11) is 0. The highest BCUT2D eigenvalue weighted by atomic mass is 35.5. The number of carbonyl (C=O) groups excluding carboxylic acids is 1. The van der Waals surface area contributed by atoms with Crippen molar-refractivity contribution in [1.82, 2.24) is 29.9 Å². The first-order chi connectivity index (χ1) is 13.5. The van der Waals surface area contributed by atoms with Crippen LogP contribution in [-0.4, -0.2) is 35.9 Å². The number of pyridine rings is 1. The van der Waals surface area contributed by atoms with Gasteiger partial charge in [-0.1, -0.05) is 23.2 Å². The van der Waals surface area contributed by atoms with Crippen molar-refractivity contribution in [2.24, 2.45) is 0 Å². The first-order valence-corrected chi connectivity index (χ1v) is 8.92. The number of rotatable bonds is 4. The van der Waals surface area contributed by atoms with Crippen molar-refractivity contribution in [3.05, 3.63) is 59.0 Å². The van der Waals surface area contributed by atoms with Crippen molar-refractivity contribution >= 4 is 34.9 Å². The summed E-state index contributed by atoms with van der Waals surface area (Å²) >= 11 is 12.4. The number of carbonyl (C=O) groups is 1. The molecule has 0 saturated carbocycles. The summed E-state index contributed by atoms with van der Waals surface area (Å²) in [6.07, 6.45) is 3.01. The fourth-order valence-electron chi connectivity index (χ4n) is 2.69. The van der Waals surface area contributed by atoms with Gasteiger partial charge >= 0.3 is 0 Å². The predicted octanol–water partition coefficient (Wildman–Crippen LogP) is 3.98. The highest BCUT2D eigenvalue weighted by molar-refractivity contribution is 6.35. The molecule has 0 spiro atoms. The zero-order valence-electron chi connectivity index (χ0n) is 14.5. The second-order valence-electron chi connectivity index (χ2n) is 5.87. The number of nitrogens with zero attached hydrogens (tertiary/aromatic N) is 5. The number of amides is 1. The summed E-state index contributed by atoms with van der Waals surface area (Å²) in [5.74, 6) is 0.761. The Morgan fingerprint density at radius 2 is 2.00 bits per heavy atom. The lowest BCUT2D eigenvalue weighted by molar-refractivity contribution is -0.114. The molecule has 0 bridgehead atoms. The molecule has 3 heterocycles. The molecule has 8 nitrogen and oxygen atoms in total. The summed E-state index contributed by atoms with van der Waals surface area (Å²) in [6.45, 7) is 1.42. The predicted molar refractivity (Wildman–Crippen MR) is 106 cm³/mol.